The molecule has 0 amide bonds. The van der Waals surface area contributed by atoms with Crippen LogP contribution in [0.4, 0.5) is 0 Å². The highest BCUT2D eigenvalue weighted by Gasteiger charge is 2.02. The lowest BCUT2D eigenvalue weighted by molar-refractivity contribution is -0.131. The Bertz CT molecular complexity index is 494. The number of hydrogen-bond donors (Lipinski definition) is 0. The van der Waals surface area contributed by atoms with E-state index < -0.39 is 0 Å². The summed E-state index contributed by atoms with van der Waals surface area (Å²) in [6, 6.07) is 13.6. The summed E-state index contributed by atoms with van der Waals surface area (Å²) in [6.07, 6.45) is 0. The molecule has 0 saturated carbocycles. The van der Waals surface area contributed by atoms with Gasteiger partial charge in [-0.15, -0.1) is 0 Å². The van der Waals surface area contributed by atoms with Crippen molar-refractivity contribution in [3.8, 4) is 5.75 Å². The minimum absolute atomic E-state index is 0.217. The molecular weight excluding hydrogens is 303 g/mol. The summed E-state index contributed by atoms with van der Waals surface area (Å²) in [6.45, 7) is 0. The number of fused-ring (bicyclic) bond motifs is 1. The van der Waals surface area contributed by atoms with Crippen LogP contribution in [0.1, 0.15) is 0 Å². The van der Waals surface area contributed by atoms with Gasteiger partial charge in [-0.3, -0.25) is 4.79 Å². The Hall–Kier alpha value is -1.10. The Morgan fingerprint density at radius 1 is 1.13 bits per heavy atom. The molecule has 2 rings (SSSR count). The fourth-order valence-corrected chi connectivity index (χ4v) is 1.55. The van der Waals surface area contributed by atoms with Crippen LogP contribution >= 0.6 is 22.6 Å². The first-order valence-electron chi connectivity index (χ1n) is 4.55. The van der Waals surface area contributed by atoms with Gasteiger partial charge in [-0.1, -0.05) is 52.9 Å². The van der Waals surface area contributed by atoms with Gasteiger partial charge in [-0.05, 0) is 22.9 Å². The quantitative estimate of drug-likeness (QED) is 0.368. The molecule has 0 heterocycles. The van der Waals surface area contributed by atoms with Crippen LogP contribution in [-0.2, 0) is 4.79 Å². The normalized spacial score (nSPS) is 10.2. The number of ether oxygens (including phenoxy) is 1. The van der Waals surface area contributed by atoms with Crippen LogP contribution in [0.5, 0.6) is 5.75 Å². The summed E-state index contributed by atoms with van der Waals surface area (Å²) >= 11 is 1.98. The van der Waals surface area contributed by atoms with Crippen molar-refractivity contribution in [3.63, 3.8) is 0 Å². The van der Waals surface area contributed by atoms with E-state index in [4.69, 9.17) is 4.74 Å². The van der Waals surface area contributed by atoms with Gasteiger partial charge in [-0.25, -0.2) is 0 Å². The van der Waals surface area contributed by atoms with Gasteiger partial charge in [0.25, 0.3) is 0 Å². The number of esters is 1. The van der Waals surface area contributed by atoms with E-state index in [1.54, 1.807) is 0 Å². The van der Waals surface area contributed by atoms with Gasteiger partial charge in [0.05, 0.1) is 4.43 Å². The van der Waals surface area contributed by atoms with E-state index in [0.717, 1.165) is 10.8 Å². The van der Waals surface area contributed by atoms with Crippen LogP contribution in [0, 0.1) is 0 Å². The smallest absolute Gasteiger partial charge is 0.321 e. The molecule has 0 spiro atoms. The Kier molecular flexibility index (Phi) is 3.20. The molecule has 2 aromatic rings. The van der Waals surface area contributed by atoms with Gasteiger partial charge >= 0.3 is 5.97 Å². The predicted octanol–water partition coefficient (Wildman–Crippen LogP) is 3.18. The highest BCUT2D eigenvalue weighted by molar-refractivity contribution is 14.1. The lowest BCUT2D eigenvalue weighted by atomic mass is 10.1. The molecule has 0 aliphatic heterocycles. The SMILES string of the molecule is O=C(CI)Oc1ccc2ccccc2c1. The van der Waals surface area contributed by atoms with Gasteiger partial charge in [0, 0.05) is 0 Å². The number of hydrogen-bond acceptors (Lipinski definition) is 2. The molecule has 15 heavy (non-hydrogen) atoms. The zero-order chi connectivity index (χ0) is 10.7. The molecule has 0 bridgehead atoms. The molecular formula is C12H9IO2. The zero-order valence-electron chi connectivity index (χ0n) is 7.94. The Labute approximate surface area is 101 Å². The van der Waals surface area contributed by atoms with Crippen LogP contribution in [-0.4, -0.2) is 10.4 Å². The maximum Gasteiger partial charge on any atom is 0.321 e. The van der Waals surface area contributed by atoms with Crippen molar-refractivity contribution in [3.05, 3.63) is 42.5 Å². The molecule has 0 aromatic heterocycles. The van der Waals surface area contributed by atoms with Crippen molar-refractivity contribution in [2.45, 2.75) is 0 Å². The predicted molar refractivity (Wildman–Crippen MR) is 68.5 cm³/mol. The van der Waals surface area contributed by atoms with Crippen LogP contribution < -0.4 is 4.74 Å². The van der Waals surface area contributed by atoms with E-state index in [0.29, 0.717) is 10.2 Å². The van der Waals surface area contributed by atoms with E-state index in [1.165, 1.54) is 0 Å². The molecule has 0 atom stereocenters. The minimum Gasteiger partial charge on any atom is -0.426 e. The largest absolute Gasteiger partial charge is 0.426 e. The van der Waals surface area contributed by atoms with Gasteiger partial charge in [0.1, 0.15) is 5.75 Å². The van der Waals surface area contributed by atoms with Crippen molar-refractivity contribution in [2.75, 3.05) is 4.43 Å². The van der Waals surface area contributed by atoms with Gasteiger partial charge in [0.15, 0.2) is 0 Å². The van der Waals surface area contributed by atoms with E-state index in [9.17, 15) is 4.79 Å². The summed E-state index contributed by atoms with van der Waals surface area (Å²) in [5, 5.41) is 2.23. The molecule has 0 aliphatic rings. The average molecular weight is 312 g/mol. The fourth-order valence-electron chi connectivity index (χ4n) is 1.39. The molecule has 2 aromatic carbocycles. The molecule has 0 fully saturated rings. The minimum atomic E-state index is -0.217. The standard InChI is InChI=1S/C12H9IO2/c13-8-12(14)15-11-6-5-9-3-1-2-4-10(9)7-11/h1-7H,8H2. The molecule has 2 nitrogen and oxygen atoms in total. The number of carbonyl (C=O) groups excluding carboxylic acids is 1. The third kappa shape index (κ3) is 2.47. The molecule has 0 aliphatic carbocycles. The molecule has 0 unspecified atom stereocenters. The Balaban J connectivity index is 2.34. The van der Waals surface area contributed by atoms with E-state index in [1.807, 2.05) is 65.1 Å². The molecule has 76 valence electrons. The zero-order valence-corrected chi connectivity index (χ0v) is 10.1. The summed E-state index contributed by atoms with van der Waals surface area (Å²) in [5.74, 6) is 0.390. The van der Waals surface area contributed by atoms with Crippen molar-refractivity contribution in [1.29, 1.82) is 0 Å². The third-order valence-corrected chi connectivity index (χ3v) is 2.68. The number of carbonyl (C=O) groups is 1. The summed E-state index contributed by atoms with van der Waals surface area (Å²) in [5.41, 5.74) is 0. The van der Waals surface area contributed by atoms with Crippen molar-refractivity contribution in [1.82, 2.24) is 0 Å². The lowest BCUT2D eigenvalue weighted by Crippen LogP contribution is -2.08. The highest BCUT2D eigenvalue weighted by atomic mass is 127. The second-order valence-corrected chi connectivity index (χ2v) is 3.88. The molecule has 0 saturated heterocycles. The average Bonchev–Trinajstić information content (AvgIpc) is 2.29. The second-order valence-electron chi connectivity index (χ2n) is 3.12. The first-order chi connectivity index (χ1) is 7.29. The number of alkyl halides is 1. The summed E-state index contributed by atoms with van der Waals surface area (Å²) in [4.78, 5) is 11.1. The maximum absolute atomic E-state index is 11.1. The first kappa shape index (κ1) is 10.4. The van der Waals surface area contributed by atoms with Crippen molar-refractivity contribution >= 4 is 39.3 Å². The van der Waals surface area contributed by atoms with Gasteiger partial charge < -0.3 is 4.74 Å². The maximum atomic E-state index is 11.1. The van der Waals surface area contributed by atoms with Crippen LogP contribution in [0.15, 0.2) is 42.5 Å². The number of rotatable bonds is 2. The monoisotopic (exact) mass is 312 g/mol. The van der Waals surface area contributed by atoms with Gasteiger partial charge in [0.2, 0.25) is 0 Å². The fraction of sp³-hybridized carbons (Fsp3) is 0.0833. The van der Waals surface area contributed by atoms with E-state index in [2.05, 4.69) is 0 Å². The van der Waals surface area contributed by atoms with Gasteiger partial charge in [-0.2, -0.15) is 0 Å². The number of halogens is 1. The Morgan fingerprint density at radius 2 is 1.87 bits per heavy atom. The van der Waals surface area contributed by atoms with Crippen molar-refractivity contribution < 1.29 is 9.53 Å². The van der Waals surface area contributed by atoms with E-state index >= 15 is 0 Å². The molecule has 0 radical (unpaired) electrons. The van der Waals surface area contributed by atoms with Crippen molar-refractivity contribution in [2.24, 2.45) is 0 Å². The third-order valence-electron chi connectivity index (χ3n) is 2.06. The first-order valence-corrected chi connectivity index (χ1v) is 6.07. The van der Waals surface area contributed by atoms with E-state index in [-0.39, 0.29) is 5.97 Å². The second kappa shape index (κ2) is 4.61. The van der Waals surface area contributed by atoms with Crippen LogP contribution in [0.25, 0.3) is 10.8 Å². The molecule has 3 heteroatoms. The summed E-state index contributed by atoms with van der Waals surface area (Å²) < 4.78 is 5.49. The number of benzene rings is 2. The van der Waals surface area contributed by atoms with Crippen LogP contribution in [0.2, 0.25) is 0 Å². The lowest BCUT2D eigenvalue weighted by Gasteiger charge is -2.03. The Morgan fingerprint density at radius 3 is 2.60 bits per heavy atom. The van der Waals surface area contributed by atoms with Crippen LogP contribution in [0.3, 0.4) is 0 Å². The topological polar surface area (TPSA) is 26.3 Å². The highest BCUT2D eigenvalue weighted by Crippen LogP contribution is 2.20. The summed E-state index contributed by atoms with van der Waals surface area (Å²) in [7, 11) is 0. The molecule has 0 N–H and O–H groups in total.